The van der Waals surface area contributed by atoms with Crippen molar-refractivity contribution < 1.29 is 13.2 Å². The predicted molar refractivity (Wildman–Crippen MR) is 66.2 cm³/mol. The summed E-state index contributed by atoms with van der Waals surface area (Å²) in [5.41, 5.74) is 4.65. The van der Waals surface area contributed by atoms with Crippen molar-refractivity contribution >= 4 is 28.9 Å². The SMILES string of the molecule is Nc1ccc(Nc2cc(C(F)(F)F)ccc2Cl)nn1. The van der Waals surface area contributed by atoms with Gasteiger partial charge in [0.1, 0.15) is 5.82 Å². The molecule has 2 aromatic rings. The van der Waals surface area contributed by atoms with Gasteiger partial charge in [-0.3, -0.25) is 0 Å². The zero-order chi connectivity index (χ0) is 14.0. The number of nitrogens with one attached hydrogen (secondary N) is 1. The summed E-state index contributed by atoms with van der Waals surface area (Å²) < 4.78 is 37.7. The molecular formula is C11H8ClF3N4. The van der Waals surface area contributed by atoms with Gasteiger partial charge in [-0.05, 0) is 30.3 Å². The van der Waals surface area contributed by atoms with Crippen molar-refractivity contribution in [1.82, 2.24) is 10.2 Å². The molecule has 0 saturated carbocycles. The molecule has 0 unspecified atom stereocenters. The van der Waals surface area contributed by atoms with Crippen LogP contribution in [0.5, 0.6) is 0 Å². The Morgan fingerprint density at radius 3 is 2.42 bits per heavy atom. The highest BCUT2D eigenvalue weighted by molar-refractivity contribution is 6.33. The fourth-order valence-corrected chi connectivity index (χ4v) is 1.51. The van der Waals surface area contributed by atoms with E-state index in [1.54, 1.807) is 0 Å². The van der Waals surface area contributed by atoms with Crippen LogP contribution in [0.25, 0.3) is 0 Å². The fourth-order valence-electron chi connectivity index (χ4n) is 1.34. The number of anilines is 3. The summed E-state index contributed by atoms with van der Waals surface area (Å²) in [6.45, 7) is 0. The average molecular weight is 289 g/mol. The number of hydrogen-bond donors (Lipinski definition) is 2. The molecule has 0 fully saturated rings. The third kappa shape index (κ3) is 3.25. The number of rotatable bonds is 2. The van der Waals surface area contributed by atoms with Gasteiger partial charge in [0.05, 0.1) is 16.3 Å². The second-order valence-corrected chi connectivity index (χ2v) is 4.07. The van der Waals surface area contributed by atoms with E-state index in [1.807, 2.05) is 0 Å². The summed E-state index contributed by atoms with van der Waals surface area (Å²) in [6.07, 6.45) is -4.44. The van der Waals surface area contributed by atoms with Gasteiger partial charge in [0.25, 0.3) is 0 Å². The fraction of sp³-hybridized carbons (Fsp3) is 0.0909. The quantitative estimate of drug-likeness (QED) is 0.888. The van der Waals surface area contributed by atoms with Crippen molar-refractivity contribution in [2.75, 3.05) is 11.1 Å². The van der Waals surface area contributed by atoms with Crippen LogP contribution >= 0.6 is 11.6 Å². The lowest BCUT2D eigenvalue weighted by Gasteiger charge is -2.11. The molecule has 1 heterocycles. The minimum atomic E-state index is -4.44. The number of benzene rings is 1. The van der Waals surface area contributed by atoms with Crippen molar-refractivity contribution in [3.8, 4) is 0 Å². The molecular weight excluding hydrogens is 281 g/mol. The van der Waals surface area contributed by atoms with E-state index >= 15 is 0 Å². The average Bonchev–Trinajstić information content (AvgIpc) is 2.33. The lowest BCUT2D eigenvalue weighted by molar-refractivity contribution is -0.137. The monoisotopic (exact) mass is 288 g/mol. The van der Waals surface area contributed by atoms with Crippen LogP contribution in [0.1, 0.15) is 5.56 Å². The van der Waals surface area contributed by atoms with E-state index in [4.69, 9.17) is 17.3 Å². The number of hydrogen-bond acceptors (Lipinski definition) is 4. The zero-order valence-corrected chi connectivity index (χ0v) is 10.1. The zero-order valence-electron chi connectivity index (χ0n) is 9.37. The van der Waals surface area contributed by atoms with E-state index in [0.29, 0.717) is 0 Å². The normalized spacial score (nSPS) is 11.4. The van der Waals surface area contributed by atoms with Gasteiger partial charge in [-0.1, -0.05) is 11.6 Å². The highest BCUT2D eigenvalue weighted by atomic mass is 35.5. The molecule has 0 aliphatic rings. The first kappa shape index (κ1) is 13.4. The Hall–Kier alpha value is -2.02. The third-order valence-corrected chi connectivity index (χ3v) is 2.57. The van der Waals surface area contributed by atoms with E-state index in [2.05, 4.69) is 15.5 Å². The topological polar surface area (TPSA) is 63.8 Å². The molecule has 4 nitrogen and oxygen atoms in total. The van der Waals surface area contributed by atoms with E-state index in [1.165, 1.54) is 12.1 Å². The van der Waals surface area contributed by atoms with Crippen molar-refractivity contribution in [2.24, 2.45) is 0 Å². The summed E-state index contributed by atoms with van der Waals surface area (Å²) in [5.74, 6) is 0.455. The van der Waals surface area contributed by atoms with E-state index in [-0.39, 0.29) is 22.3 Å². The summed E-state index contributed by atoms with van der Waals surface area (Å²) in [7, 11) is 0. The van der Waals surface area contributed by atoms with Gasteiger partial charge in [-0.15, -0.1) is 10.2 Å². The van der Waals surface area contributed by atoms with Gasteiger partial charge < -0.3 is 11.1 Å². The van der Waals surface area contributed by atoms with E-state index in [9.17, 15) is 13.2 Å². The molecule has 100 valence electrons. The van der Waals surface area contributed by atoms with Crippen LogP contribution in [0.15, 0.2) is 30.3 Å². The summed E-state index contributed by atoms with van der Waals surface area (Å²) in [6, 6.07) is 5.93. The molecule has 0 atom stereocenters. The Bertz CT molecular complexity index is 583. The molecule has 3 N–H and O–H groups in total. The van der Waals surface area contributed by atoms with Crippen molar-refractivity contribution in [3.63, 3.8) is 0 Å². The van der Waals surface area contributed by atoms with Gasteiger partial charge in [0.15, 0.2) is 5.82 Å². The molecule has 1 aromatic heterocycles. The second kappa shape index (κ2) is 4.93. The van der Waals surface area contributed by atoms with E-state index < -0.39 is 11.7 Å². The van der Waals surface area contributed by atoms with Crippen LogP contribution in [-0.4, -0.2) is 10.2 Å². The highest BCUT2D eigenvalue weighted by Gasteiger charge is 2.30. The number of halogens is 4. The largest absolute Gasteiger partial charge is 0.416 e. The Morgan fingerprint density at radius 1 is 1.11 bits per heavy atom. The van der Waals surface area contributed by atoms with Crippen molar-refractivity contribution in [2.45, 2.75) is 6.18 Å². The van der Waals surface area contributed by atoms with Gasteiger partial charge in [0, 0.05) is 0 Å². The summed E-state index contributed by atoms with van der Waals surface area (Å²) >= 11 is 5.82. The first-order chi connectivity index (χ1) is 8.86. The number of nitrogens with two attached hydrogens (primary N) is 1. The van der Waals surface area contributed by atoms with E-state index in [0.717, 1.165) is 18.2 Å². The first-order valence-electron chi connectivity index (χ1n) is 5.09. The molecule has 0 spiro atoms. The lowest BCUT2D eigenvalue weighted by atomic mass is 10.2. The molecule has 8 heteroatoms. The highest BCUT2D eigenvalue weighted by Crippen LogP contribution is 2.34. The Balaban J connectivity index is 2.31. The smallest absolute Gasteiger partial charge is 0.382 e. The minimum absolute atomic E-state index is 0.0931. The number of nitrogens with zero attached hydrogens (tertiary/aromatic N) is 2. The van der Waals surface area contributed by atoms with Crippen molar-refractivity contribution in [3.05, 3.63) is 40.9 Å². The predicted octanol–water partition coefficient (Wildman–Crippen LogP) is 3.47. The number of nitrogen functional groups attached to an aromatic ring is 1. The third-order valence-electron chi connectivity index (χ3n) is 2.24. The van der Waals surface area contributed by atoms with Gasteiger partial charge in [0.2, 0.25) is 0 Å². The molecule has 0 amide bonds. The van der Waals surface area contributed by atoms with Crippen LogP contribution < -0.4 is 11.1 Å². The Kier molecular flexibility index (Phi) is 3.48. The maximum absolute atomic E-state index is 12.6. The van der Waals surface area contributed by atoms with Crippen molar-refractivity contribution in [1.29, 1.82) is 0 Å². The maximum Gasteiger partial charge on any atom is 0.416 e. The molecule has 1 aromatic carbocycles. The van der Waals surface area contributed by atoms with Gasteiger partial charge >= 0.3 is 6.18 Å². The summed E-state index contributed by atoms with van der Waals surface area (Å²) in [4.78, 5) is 0. The molecule has 0 radical (unpaired) electrons. The first-order valence-corrected chi connectivity index (χ1v) is 5.47. The molecule has 19 heavy (non-hydrogen) atoms. The van der Waals surface area contributed by atoms with Crippen LogP contribution in [0.3, 0.4) is 0 Å². The second-order valence-electron chi connectivity index (χ2n) is 3.66. The molecule has 0 saturated heterocycles. The number of alkyl halides is 3. The maximum atomic E-state index is 12.6. The standard InChI is InChI=1S/C11H8ClF3N4/c12-7-2-1-6(11(13,14)15)5-8(7)17-10-4-3-9(16)18-19-10/h1-5H,(H2,16,18)(H,17,19). The molecule has 0 bridgehead atoms. The Morgan fingerprint density at radius 2 is 1.84 bits per heavy atom. The molecule has 2 rings (SSSR count). The van der Waals surface area contributed by atoms with Gasteiger partial charge in [-0.25, -0.2) is 0 Å². The minimum Gasteiger partial charge on any atom is -0.382 e. The van der Waals surface area contributed by atoms with Crippen LogP contribution in [0, 0.1) is 0 Å². The van der Waals surface area contributed by atoms with Crippen LogP contribution in [-0.2, 0) is 6.18 Å². The number of aromatic nitrogens is 2. The summed E-state index contributed by atoms with van der Waals surface area (Å²) in [5, 5.41) is 10.1. The Labute approximate surface area is 111 Å². The lowest BCUT2D eigenvalue weighted by Crippen LogP contribution is -2.06. The molecule has 0 aliphatic heterocycles. The van der Waals surface area contributed by atoms with Gasteiger partial charge in [-0.2, -0.15) is 13.2 Å². The van der Waals surface area contributed by atoms with Crippen LogP contribution in [0.2, 0.25) is 5.02 Å². The molecule has 0 aliphatic carbocycles. The van der Waals surface area contributed by atoms with Crippen LogP contribution in [0.4, 0.5) is 30.5 Å².